The standard InChI is InChI=1S/C18H21N3O2S/c1-11-9-14(13(3)23-11)12(2)19-18(22)21(4)10-17-20-15-7-5-6-8-16(15)24-17/h5-9,12H,10H2,1-4H3,(H,19,22). The molecule has 1 unspecified atom stereocenters. The Balaban J connectivity index is 1.65. The molecule has 0 saturated carbocycles. The van der Waals surface area contributed by atoms with Gasteiger partial charge < -0.3 is 14.6 Å². The van der Waals surface area contributed by atoms with E-state index in [9.17, 15) is 4.79 Å². The molecular weight excluding hydrogens is 322 g/mol. The van der Waals surface area contributed by atoms with Crippen molar-refractivity contribution in [1.29, 1.82) is 0 Å². The molecule has 3 rings (SSSR count). The van der Waals surface area contributed by atoms with Crippen molar-refractivity contribution in [3.8, 4) is 0 Å². The highest BCUT2D eigenvalue weighted by molar-refractivity contribution is 7.18. The zero-order valence-corrected chi connectivity index (χ0v) is 15.1. The van der Waals surface area contributed by atoms with Gasteiger partial charge in [0.2, 0.25) is 0 Å². The fourth-order valence-corrected chi connectivity index (χ4v) is 3.74. The number of fused-ring (bicyclic) bond motifs is 1. The number of rotatable bonds is 4. The van der Waals surface area contributed by atoms with Crippen LogP contribution in [0.1, 0.15) is 35.1 Å². The first-order chi connectivity index (χ1) is 11.4. The Morgan fingerprint density at radius 2 is 2.12 bits per heavy atom. The SMILES string of the molecule is Cc1cc(C(C)NC(=O)N(C)Cc2nc3ccccc3s2)c(C)o1. The molecule has 0 spiro atoms. The minimum atomic E-state index is -0.125. The van der Waals surface area contributed by atoms with Crippen molar-refractivity contribution < 1.29 is 9.21 Å². The maximum atomic E-state index is 12.4. The first kappa shape index (κ1) is 16.5. The fraction of sp³-hybridized carbons (Fsp3) is 0.333. The van der Waals surface area contributed by atoms with Gasteiger partial charge in [0.15, 0.2) is 0 Å². The lowest BCUT2D eigenvalue weighted by atomic mass is 10.1. The molecule has 0 aliphatic rings. The van der Waals surface area contributed by atoms with Gasteiger partial charge in [-0.3, -0.25) is 0 Å². The van der Waals surface area contributed by atoms with Gasteiger partial charge in [0.05, 0.1) is 22.8 Å². The summed E-state index contributed by atoms with van der Waals surface area (Å²) < 4.78 is 6.67. The normalized spacial score (nSPS) is 12.3. The molecule has 5 nitrogen and oxygen atoms in total. The number of aromatic nitrogens is 1. The number of furan rings is 1. The zero-order chi connectivity index (χ0) is 17.3. The molecule has 3 aromatic rings. The van der Waals surface area contributed by atoms with Gasteiger partial charge in [0, 0.05) is 12.6 Å². The Morgan fingerprint density at radius 1 is 1.38 bits per heavy atom. The highest BCUT2D eigenvalue weighted by atomic mass is 32.1. The average Bonchev–Trinajstić information content (AvgIpc) is 3.08. The van der Waals surface area contributed by atoms with E-state index >= 15 is 0 Å². The molecule has 2 heterocycles. The van der Waals surface area contributed by atoms with E-state index in [-0.39, 0.29) is 12.1 Å². The maximum absolute atomic E-state index is 12.4. The molecule has 0 aliphatic heterocycles. The van der Waals surface area contributed by atoms with Crippen LogP contribution in [0.15, 0.2) is 34.7 Å². The van der Waals surface area contributed by atoms with E-state index in [0.29, 0.717) is 6.54 Å². The van der Waals surface area contributed by atoms with Gasteiger partial charge in [0.1, 0.15) is 16.5 Å². The van der Waals surface area contributed by atoms with Crippen molar-refractivity contribution in [3.63, 3.8) is 0 Å². The number of nitrogens with one attached hydrogen (secondary N) is 1. The van der Waals surface area contributed by atoms with Crippen molar-refractivity contribution in [3.05, 3.63) is 52.4 Å². The second-order valence-corrected chi connectivity index (χ2v) is 7.09. The summed E-state index contributed by atoms with van der Waals surface area (Å²) in [6.45, 7) is 6.27. The minimum absolute atomic E-state index is 0.104. The molecule has 0 fully saturated rings. The van der Waals surface area contributed by atoms with Gasteiger partial charge in [-0.15, -0.1) is 11.3 Å². The molecule has 6 heteroatoms. The minimum Gasteiger partial charge on any atom is -0.466 e. The maximum Gasteiger partial charge on any atom is 0.317 e. The Morgan fingerprint density at radius 3 is 2.79 bits per heavy atom. The largest absolute Gasteiger partial charge is 0.466 e. The molecule has 2 amide bonds. The highest BCUT2D eigenvalue weighted by Crippen LogP contribution is 2.23. The van der Waals surface area contributed by atoms with E-state index in [1.54, 1.807) is 23.3 Å². The van der Waals surface area contributed by atoms with Crippen LogP contribution in [0, 0.1) is 13.8 Å². The van der Waals surface area contributed by atoms with E-state index in [1.165, 1.54) is 0 Å². The third-order valence-corrected chi connectivity index (χ3v) is 4.96. The fourth-order valence-electron chi connectivity index (χ4n) is 2.72. The van der Waals surface area contributed by atoms with Gasteiger partial charge in [-0.2, -0.15) is 0 Å². The monoisotopic (exact) mass is 343 g/mol. The van der Waals surface area contributed by atoms with E-state index in [1.807, 2.05) is 51.1 Å². The van der Waals surface area contributed by atoms with Crippen molar-refractivity contribution in [1.82, 2.24) is 15.2 Å². The summed E-state index contributed by atoms with van der Waals surface area (Å²) >= 11 is 1.62. The predicted octanol–water partition coefficient (Wildman–Crippen LogP) is 4.41. The molecule has 2 aromatic heterocycles. The van der Waals surface area contributed by atoms with Gasteiger partial charge in [0.25, 0.3) is 0 Å². The van der Waals surface area contributed by atoms with Crippen LogP contribution in [0.4, 0.5) is 4.79 Å². The third-order valence-electron chi connectivity index (χ3n) is 3.94. The molecule has 1 N–H and O–H groups in total. The first-order valence-electron chi connectivity index (χ1n) is 7.87. The molecule has 1 atom stereocenters. The number of aryl methyl sites for hydroxylation is 2. The Bertz CT molecular complexity index is 835. The van der Waals surface area contributed by atoms with Crippen molar-refractivity contribution in [2.24, 2.45) is 0 Å². The average molecular weight is 343 g/mol. The highest BCUT2D eigenvalue weighted by Gasteiger charge is 2.18. The summed E-state index contributed by atoms with van der Waals surface area (Å²) in [6, 6.07) is 9.74. The number of carbonyl (C=O) groups is 1. The summed E-state index contributed by atoms with van der Waals surface area (Å²) in [5.74, 6) is 1.69. The second-order valence-electron chi connectivity index (χ2n) is 5.97. The van der Waals surface area contributed by atoms with Crippen LogP contribution in [0.5, 0.6) is 0 Å². The number of hydrogen-bond acceptors (Lipinski definition) is 4. The van der Waals surface area contributed by atoms with Gasteiger partial charge in [-0.25, -0.2) is 9.78 Å². The predicted molar refractivity (Wildman–Crippen MR) is 96.2 cm³/mol. The number of nitrogens with zero attached hydrogens (tertiary/aromatic N) is 2. The zero-order valence-electron chi connectivity index (χ0n) is 14.3. The van der Waals surface area contributed by atoms with Gasteiger partial charge in [-0.05, 0) is 39.0 Å². The Labute approximate surface area is 145 Å². The van der Waals surface area contributed by atoms with Crippen LogP contribution in [0.2, 0.25) is 0 Å². The van der Waals surface area contributed by atoms with Crippen LogP contribution >= 0.6 is 11.3 Å². The summed E-state index contributed by atoms with van der Waals surface area (Å²) in [5.41, 5.74) is 1.98. The number of thiazole rings is 1. The number of urea groups is 1. The molecule has 0 radical (unpaired) electrons. The number of amides is 2. The molecule has 0 aliphatic carbocycles. The number of hydrogen-bond donors (Lipinski definition) is 1. The van der Waals surface area contributed by atoms with Crippen molar-refractivity contribution >= 4 is 27.6 Å². The quantitative estimate of drug-likeness (QED) is 0.763. The second kappa shape index (κ2) is 6.65. The van der Waals surface area contributed by atoms with Crippen LogP contribution in [-0.4, -0.2) is 23.0 Å². The molecule has 24 heavy (non-hydrogen) atoms. The number of benzene rings is 1. The molecule has 0 bridgehead atoms. The summed E-state index contributed by atoms with van der Waals surface area (Å²) in [5, 5.41) is 3.94. The van der Waals surface area contributed by atoms with E-state index in [2.05, 4.69) is 10.3 Å². The smallest absolute Gasteiger partial charge is 0.317 e. The molecule has 1 aromatic carbocycles. The lowest BCUT2D eigenvalue weighted by Gasteiger charge is -2.20. The van der Waals surface area contributed by atoms with Crippen molar-refractivity contribution in [2.75, 3.05) is 7.05 Å². The molecular formula is C18H21N3O2S. The van der Waals surface area contributed by atoms with E-state index in [4.69, 9.17) is 4.42 Å². The summed E-state index contributed by atoms with van der Waals surface area (Å²) in [7, 11) is 1.78. The third kappa shape index (κ3) is 3.43. The van der Waals surface area contributed by atoms with E-state index < -0.39 is 0 Å². The van der Waals surface area contributed by atoms with Gasteiger partial charge in [-0.1, -0.05) is 12.1 Å². The lowest BCUT2D eigenvalue weighted by Crippen LogP contribution is -2.38. The topological polar surface area (TPSA) is 58.4 Å². The number of carbonyl (C=O) groups excluding carboxylic acids is 1. The number of para-hydroxylation sites is 1. The lowest BCUT2D eigenvalue weighted by molar-refractivity contribution is 0.203. The van der Waals surface area contributed by atoms with E-state index in [0.717, 1.165) is 32.3 Å². The summed E-state index contributed by atoms with van der Waals surface area (Å²) in [4.78, 5) is 18.6. The first-order valence-corrected chi connectivity index (χ1v) is 8.68. The van der Waals surface area contributed by atoms with Crippen molar-refractivity contribution in [2.45, 2.75) is 33.4 Å². The molecule has 0 saturated heterocycles. The van der Waals surface area contributed by atoms with Crippen LogP contribution in [0.25, 0.3) is 10.2 Å². The van der Waals surface area contributed by atoms with Crippen LogP contribution in [-0.2, 0) is 6.54 Å². The Kier molecular flexibility index (Phi) is 4.57. The van der Waals surface area contributed by atoms with Gasteiger partial charge >= 0.3 is 6.03 Å². The molecule has 126 valence electrons. The summed E-state index contributed by atoms with van der Waals surface area (Å²) in [6.07, 6.45) is 0. The van der Waals surface area contributed by atoms with Crippen LogP contribution < -0.4 is 5.32 Å². The van der Waals surface area contributed by atoms with Crippen LogP contribution in [0.3, 0.4) is 0 Å². The Hall–Kier alpha value is -2.34.